The molecule has 24 heavy (non-hydrogen) atoms. The SMILES string of the molecule is COc1ccc(F)cc1COC(=O)C12CC3CC(CC(Br)(C3)C1)C2. The Kier molecular flexibility index (Phi) is 3.90. The van der Waals surface area contributed by atoms with Gasteiger partial charge in [0.05, 0.1) is 12.5 Å². The summed E-state index contributed by atoms with van der Waals surface area (Å²) in [5, 5.41) is 0. The summed E-state index contributed by atoms with van der Waals surface area (Å²) < 4.78 is 24.5. The fourth-order valence-electron chi connectivity index (χ4n) is 5.55. The highest BCUT2D eigenvalue weighted by Gasteiger charge is 2.60. The second-order valence-electron chi connectivity index (χ2n) is 7.92. The van der Waals surface area contributed by atoms with Crippen LogP contribution in [0.4, 0.5) is 4.39 Å². The summed E-state index contributed by atoms with van der Waals surface area (Å²) in [4.78, 5) is 12.9. The zero-order chi connectivity index (χ0) is 16.9. The van der Waals surface area contributed by atoms with Crippen molar-refractivity contribution in [3.05, 3.63) is 29.6 Å². The number of carbonyl (C=O) groups excluding carboxylic acids is 1. The Bertz CT molecular complexity index is 661. The standard InChI is InChI=1S/C19H22BrFO3/c1-23-16-3-2-15(21)5-14(16)10-24-17(22)18-6-12-4-13(7-18)9-19(20,8-12)11-18/h2-3,5,12-13H,4,6-11H2,1H3. The highest BCUT2D eigenvalue weighted by atomic mass is 79.9. The van der Waals surface area contributed by atoms with Crippen LogP contribution in [0.3, 0.4) is 0 Å². The van der Waals surface area contributed by atoms with Crippen molar-refractivity contribution in [1.29, 1.82) is 0 Å². The predicted molar refractivity (Wildman–Crippen MR) is 91.5 cm³/mol. The van der Waals surface area contributed by atoms with Crippen LogP contribution in [0.25, 0.3) is 0 Å². The van der Waals surface area contributed by atoms with Crippen LogP contribution in [0.5, 0.6) is 5.75 Å². The monoisotopic (exact) mass is 396 g/mol. The van der Waals surface area contributed by atoms with Gasteiger partial charge in [0.2, 0.25) is 0 Å². The lowest BCUT2D eigenvalue weighted by Crippen LogP contribution is -2.56. The Morgan fingerprint density at radius 3 is 2.62 bits per heavy atom. The first-order valence-electron chi connectivity index (χ1n) is 8.60. The van der Waals surface area contributed by atoms with E-state index in [0.717, 1.165) is 19.3 Å². The summed E-state index contributed by atoms with van der Waals surface area (Å²) >= 11 is 3.91. The van der Waals surface area contributed by atoms with E-state index in [1.807, 2.05) is 0 Å². The van der Waals surface area contributed by atoms with Crippen LogP contribution in [0.15, 0.2) is 18.2 Å². The quantitative estimate of drug-likeness (QED) is 0.550. The van der Waals surface area contributed by atoms with E-state index in [2.05, 4.69) is 15.9 Å². The van der Waals surface area contributed by atoms with Gasteiger partial charge < -0.3 is 9.47 Å². The molecule has 2 unspecified atom stereocenters. The lowest BCUT2D eigenvalue weighted by atomic mass is 9.49. The average Bonchev–Trinajstić information content (AvgIpc) is 2.50. The van der Waals surface area contributed by atoms with Gasteiger partial charge >= 0.3 is 5.97 Å². The third-order valence-corrected chi connectivity index (χ3v) is 6.95. The summed E-state index contributed by atoms with van der Waals surface area (Å²) in [6, 6.07) is 4.28. The summed E-state index contributed by atoms with van der Waals surface area (Å²) in [5.74, 6) is 1.33. The molecule has 4 bridgehead atoms. The summed E-state index contributed by atoms with van der Waals surface area (Å²) in [6.07, 6.45) is 6.35. The van der Waals surface area contributed by atoms with E-state index in [9.17, 15) is 9.18 Å². The van der Waals surface area contributed by atoms with E-state index >= 15 is 0 Å². The molecule has 1 aromatic rings. The Morgan fingerprint density at radius 2 is 2.00 bits per heavy atom. The second-order valence-corrected chi connectivity index (χ2v) is 9.61. The number of halogens is 2. The normalized spacial score (nSPS) is 36.6. The van der Waals surface area contributed by atoms with Crippen LogP contribution in [-0.4, -0.2) is 17.4 Å². The molecule has 0 N–H and O–H groups in total. The third kappa shape index (κ3) is 2.75. The van der Waals surface area contributed by atoms with Gasteiger partial charge in [-0.3, -0.25) is 4.79 Å². The van der Waals surface area contributed by atoms with Crippen LogP contribution in [0, 0.1) is 23.1 Å². The summed E-state index contributed by atoms with van der Waals surface area (Å²) in [6.45, 7) is 0.0616. The number of benzene rings is 1. The van der Waals surface area contributed by atoms with E-state index in [1.165, 1.54) is 38.5 Å². The molecule has 0 radical (unpaired) electrons. The van der Waals surface area contributed by atoms with E-state index in [1.54, 1.807) is 6.07 Å². The van der Waals surface area contributed by atoms with Crippen LogP contribution in [-0.2, 0) is 16.1 Å². The smallest absolute Gasteiger partial charge is 0.312 e. The molecule has 4 aliphatic carbocycles. The zero-order valence-electron chi connectivity index (χ0n) is 13.8. The molecule has 0 saturated heterocycles. The molecule has 4 fully saturated rings. The highest BCUT2D eigenvalue weighted by molar-refractivity contribution is 9.10. The topological polar surface area (TPSA) is 35.5 Å². The van der Waals surface area contributed by atoms with Gasteiger partial charge in [-0.25, -0.2) is 4.39 Å². The van der Waals surface area contributed by atoms with Gasteiger partial charge in [0.25, 0.3) is 0 Å². The fraction of sp³-hybridized carbons (Fsp3) is 0.632. The Morgan fingerprint density at radius 1 is 1.29 bits per heavy atom. The Hall–Kier alpha value is -1.10. The van der Waals surface area contributed by atoms with Crippen molar-refractivity contribution in [3.8, 4) is 5.75 Å². The van der Waals surface area contributed by atoms with Crippen LogP contribution in [0.1, 0.15) is 44.1 Å². The van der Waals surface area contributed by atoms with Gasteiger partial charge in [0, 0.05) is 9.89 Å². The lowest BCUT2D eigenvalue weighted by Gasteiger charge is -2.58. The van der Waals surface area contributed by atoms with Crippen LogP contribution in [0.2, 0.25) is 0 Å². The van der Waals surface area contributed by atoms with Crippen molar-refractivity contribution < 1.29 is 18.7 Å². The van der Waals surface area contributed by atoms with E-state index < -0.39 is 0 Å². The minimum Gasteiger partial charge on any atom is -0.496 e. The first-order valence-corrected chi connectivity index (χ1v) is 9.39. The Labute approximate surface area is 150 Å². The molecule has 0 spiro atoms. The molecule has 4 aliphatic rings. The maximum atomic E-state index is 13.5. The van der Waals surface area contributed by atoms with Crippen LogP contribution >= 0.6 is 15.9 Å². The van der Waals surface area contributed by atoms with E-state index in [0.29, 0.717) is 23.1 Å². The molecule has 4 saturated carbocycles. The third-order valence-electron chi connectivity index (χ3n) is 6.02. The number of hydrogen-bond donors (Lipinski definition) is 0. The summed E-state index contributed by atoms with van der Waals surface area (Å²) in [7, 11) is 1.53. The molecule has 0 amide bonds. The van der Waals surface area contributed by atoms with Crippen molar-refractivity contribution in [2.45, 2.75) is 49.5 Å². The zero-order valence-corrected chi connectivity index (χ0v) is 15.4. The minimum absolute atomic E-state index is 0.0616. The van der Waals surface area contributed by atoms with Crippen molar-refractivity contribution in [2.24, 2.45) is 17.3 Å². The molecule has 0 aliphatic heterocycles. The van der Waals surface area contributed by atoms with Gasteiger partial charge in [-0.05, 0) is 68.6 Å². The number of methoxy groups -OCH3 is 1. The molecule has 130 valence electrons. The number of esters is 1. The minimum atomic E-state index is -0.353. The van der Waals surface area contributed by atoms with E-state index in [-0.39, 0.29) is 28.1 Å². The molecule has 3 nitrogen and oxygen atoms in total. The average molecular weight is 397 g/mol. The number of rotatable bonds is 4. The maximum absolute atomic E-state index is 13.5. The number of ether oxygens (including phenoxy) is 2. The molecular formula is C19H22BrFO3. The fourth-order valence-corrected chi connectivity index (χ4v) is 7.00. The van der Waals surface area contributed by atoms with Gasteiger partial charge in [0.15, 0.2) is 0 Å². The molecule has 0 aromatic heterocycles. The number of hydrogen-bond acceptors (Lipinski definition) is 3. The van der Waals surface area contributed by atoms with Crippen molar-refractivity contribution in [1.82, 2.24) is 0 Å². The van der Waals surface area contributed by atoms with Crippen molar-refractivity contribution in [3.63, 3.8) is 0 Å². The van der Waals surface area contributed by atoms with Crippen LogP contribution < -0.4 is 4.74 Å². The van der Waals surface area contributed by atoms with Gasteiger partial charge in [-0.1, -0.05) is 15.9 Å². The first kappa shape index (κ1) is 16.4. The Balaban J connectivity index is 1.50. The van der Waals surface area contributed by atoms with Crippen molar-refractivity contribution in [2.75, 3.05) is 7.11 Å². The predicted octanol–water partition coefficient (Wildman–Crippen LogP) is 4.61. The van der Waals surface area contributed by atoms with Gasteiger partial charge in [0.1, 0.15) is 18.2 Å². The number of carbonyl (C=O) groups is 1. The van der Waals surface area contributed by atoms with Crippen molar-refractivity contribution >= 4 is 21.9 Å². The van der Waals surface area contributed by atoms with Gasteiger partial charge in [-0.15, -0.1) is 0 Å². The molecule has 5 heteroatoms. The molecule has 0 heterocycles. The number of alkyl halides is 1. The van der Waals surface area contributed by atoms with E-state index in [4.69, 9.17) is 9.47 Å². The molecule has 5 rings (SSSR count). The second kappa shape index (κ2) is 5.72. The highest BCUT2D eigenvalue weighted by Crippen LogP contribution is 2.64. The molecule has 2 atom stereocenters. The largest absolute Gasteiger partial charge is 0.496 e. The van der Waals surface area contributed by atoms with Gasteiger partial charge in [-0.2, -0.15) is 0 Å². The molecule has 1 aromatic carbocycles. The summed E-state index contributed by atoms with van der Waals surface area (Å²) in [5.41, 5.74) is 0.220. The molecular weight excluding hydrogens is 375 g/mol. The lowest BCUT2D eigenvalue weighted by molar-refractivity contribution is -0.170. The first-order chi connectivity index (χ1) is 11.4. The maximum Gasteiger partial charge on any atom is 0.312 e.